The van der Waals surface area contributed by atoms with Crippen molar-refractivity contribution < 1.29 is 14.3 Å². The van der Waals surface area contributed by atoms with Crippen LogP contribution >= 0.6 is 11.6 Å². The minimum atomic E-state index is -0.297. The highest BCUT2D eigenvalue weighted by molar-refractivity contribution is 6.33. The molecule has 0 radical (unpaired) electrons. The maximum Gasteiger partial charge on any atom is 0.255 e. The second-order valence-corrected chi connectivity index (χ2v) is 7.88. The Hall–Kier alpha value is -3.25. The van der Waals surface area contributed by atoms with E-state index >= 15 is 0 Å². The van der Waals surface area contributed by atoms with E-state index in [1.54, 1.807) is 12.1 Å². The van der Waals surface area contributed by atoms with Crippen LogP contribution in [0.15, 0.2) is 60.9 Å². The third kappa shape index (κ3) is 4.59. The predicted octanol–water partition coefficient (Wildman–Crippen LogP) is 4.31. The number of aromatic nitrogens is 1. The molecule has 2 amide bonds. The van der Waals surface area contributed by atoms with Gasteiger partial charge >= 0.3 is 0 Å². The molecule has 0 spiro atoms. The molecule has 0 saturated carbocycles. The van der Waals surface area contributed by atoms with E-state index in [9.17, 15) is 9.59 Å². The molecule has 2 heterocycles. The molecule has 6 nitrogen and oxygen atoms in total. The van der Waals surface area contributed by atoms with Gasteiger partial charge in [0.2, 0.25) is 0 Å². The van der Waals surface area contributed by atoms with E-state index in [0.29, 0.717) is 28.4 Å². The van der Waals surface area contributed by atoms with E-state index < -0.39 is 0 Å². The molecule has 7 heteroatoms. The van der Waals surface area contributed by atoms with Gasteiger partial charge in [0.25, 0.3) is 11.8 Å². The largest absolute Gasteiger partial charge is 0.496 e. The van der Waals surface area contributed by atoms with Crippen LogP contribution in [0.4, 0.5) is 0 Å². The van der Waals surface area contributed by atoms with E-state index in [4.69, 9.17) is 16.3 Å². The summed E-state index contributed by atoms with van der Waals surface area (Å²) in [5.74, 6) is 0.178. The Kier molecular flexibility index (Phi) is 6.28. The van der Waals surface area contributed by atoms with Crippen molar-refractivity contribution in [3.8, 4) is 11.4 Å². The number of hydrogen-bond acceptors (Lipinski definition) is 3. The molecule has 1 saturated heterocycles. The minimum Gasteiger partial charge on any atom is -0.496 e. The van der Waals surface area contributed by atoms with Crippen LogP contribution in [-0.2, 0) is 6.54 Å². The topological polar surface area (TPSA) is 63.6 Å². The third-order valence-corrected chi connectivity index (χ3v) is 5.72. The molecule has 0 bridgehead atoms. The van der Waals surface area contributed by atoms with Gasteiger partial charge in [-0.25, -0.2) is 0 Å². The van der Waals surface area contributed by atoms with E-state index in [1.165, 1.54) is 7.11 Å². The molecule has 1 aromatic heterocycles. The minimum absolute atomic E-state index is 0.0414. The fourth-order valence-electron chi connectivity index (χ4n) is 3.78. The maximum absolute atomic E-state index is 12.8. The number of nitrogens with one attached hydrogen (secondary N) is 1. The Balaban J connectivity index is 1.48. The van der Waals surface area contributed by atoms with Gasteiger partial charge in [-0.1, -0.05) is 23.7 Å². The summed E-state index contributed by atoms with van der Waals surface area (Å²) >= 11 is 6.43. The van der Waals surface area contributed by atoms with Crippen LogP contribution in [0.25, 0.3) is 5.69 Å². The first kappa shape index (κ1) is 21.0. The first-order valence-electron chi connectivity index (χ1n) is 10.2. The number of carbonyl (C=O) groups excluding carboxylic acids is 2. The Morgan fingerprint density at radius 2 is 1.81 bits per heavy atom. The molecule has 0 unspecified atom stereocenters. The standard InChI is InChI=1S/C24H24ClN3O3/c1-31-22-15-21(27-9-2-3-10-27)20(25)14-19(22)23(29)26-16-17-7-6-8-18(13-17)24(30)28-11-4-5-12-28/h2-3,6-10,13-15H,4-5,11-12,16H2,1H3,(H,26,29). The summed E-state index contributed by atoms with van der Waals surface area (Å²) < 4.78 is 7.29. The average Bonchev–Trinajstić information content (AvgIpc) is 3.51. The molecule has 1 N–H and O–H groups in total. The van der Waals surface area contributed by atoms with Crippen molar-refractivity contribution in [2.24, 2.45) is 0 Å². The molecule has 31 heavy (non-hydrogen) atoms. The fourth-order valence-corrected chi connectivity index (χ4v) is 4.04. The molecule has 0 aliphatic carbocycles. The van der Waals surface area contributed by atoms with Crippen molar-refractivity contribution >= 4 is 23.4 Å². The Labute approximate surface area is 186 Å². The highest BCUT2D eigenvalue weighted by atomic mass is 35.5. The van der Waals surface area contributed by atoms with E-state index in [1.807, 2.05) is 58.3 Å². The summed E-state index contributed by atoms with van der Waals surface area (Å²) in [4.78, 5) is 27.3. The maximum atomic E-state index is 12.8. The van der Waals surface area contributed by atoms with Crippen LogP contribution < -0.4 is 10.1 Å². The number of rotatable bonds is 6. The zero-order valence-electron chi connectivity index (χ0n) is 17.3. The van der Waals surface area contributed by atoms with E-state index in [-0.39, 0.29) is 11.8 Å². The van der Waals surface area contributed by atoms with Gasteiger partial charge in [-0.15, -0.1) is 0 Å². The summed E-state index contributed by atoms with van der Waals surface area (Å²) in [6.45, 7) is 1.90. The second kappa shape index (κ2) is 9.27. The van der Waals surface area contributed by atoms with Crippen LogP contribution in [0.1, 0.15) is 39.1 Å². The summed E-state index contributed by atoms with van der Waals surface area (Å²) in [5, 5.41) is 3.34. The lowest BCUT2D eigenvalue weighted by Crippen LogP contribution is -2.28. The zero-order valence-corrected chi connectivity index (χ0v) is 18.1. The van der Waals surface area contributed by atoms with Crippen LogP contribution in [-0.4, -0.2) is 41.5 Å². The molecule has 1 aliphatic rings. The van der Waals surface area contributed by atoms with Gasteiger partial charge < -0.3 is 19.5 Å². The van der Waals surface area contributed by atoms with Gasteiger partial charge in [0.05, 0.1) is 23.4 Å². The summed E-state index contributed by atoms with van der Waals surface area (Å²) in [7, 11) is 1.52. The summed E-state index contributed by atoms with van der Waals surface area (Å²) in [6, 6.07) is 14.5. The third-order valence-electron chi connectivity index (χ3n) is 5.42. The highest BCUT2D eigenvalue weighted by Gasteiger charge is 2.20. The molecule has 3 aromatic rings. The van der Waals surface area contributed by atoms with Gasteiger partial charge in [-0.05, 0) is 48.7 Å². The van der Waals surface area contributed by atoms with Gasteiger partial charge in [0.1, 0.15) is 5.75 Å². The van der Waals surface area contributed by atoms with Gasteiger partial charge in [0, 0.05) is 43.7 Å². The molecule has 1 fully saturated rings. The van der Waals surface area contributed by atoms with E-state index in [2.05, 4.69) is 5.32 Å². The van der Waals surface area contributed by atoms with Crippen molar-refractivity contribution in [3.63, 3.8) is 0 Å². The molecule has 0 atom stereocenters. The molecule has 160 valence electrons. The van der Waals surface area contributed by atoms with Crippen molar-refractivity contribution in [2.45, 2.75) is 19.4 Å². The second-order valence-electron chi connectivity index (χ2n) is 7.48. The molecular weight excluding hydrogens is 414 g/mol. The monoisotopic (exact) mass is 437 g/mol. The van der Waals surface area contributed by atoms with Crippen molar-refractivity contribution in [2.75, 3.05) is 20.2 Å². The fraction of sp³-hybridized carbons (Fsp3) is 0.250. The number of benzene rings is 2. The molecular formula is C24H24ClN3O3. The lowest BCUT2D eigenvalue weighted by molar-refractivity contribution is 0.0792. The van der Waals surface area contributed by atoms with Crippen LogP contribution in [0.2, 0.25) is 5.02 Å². The molecule has 4 rings (SSSR count). The Morgan fingerprint density at radius 3 is 2.52 bits per heavy atom. The van der Waals surface area contributed by atoms with Crippen LogP contribution in [0.5, 0.6) is 5.75 Å². The number of ether oxygens (including phenoxy) is 1. The van der Waals surface area contributed by atoms with Gasteiger partial charge in [0.15, 0.2) is 0 Å². The first-order chi connectivity index (χ1) is 15.1. The normalized spacial score (nSPS) is 13.3. The quantitative estimate of drug-likeness (QED) is 0.625. The summed E-state index contributed by atoms with van der Waals surface area (Å²) in [6.07, 6.45) is 5.84. The number of methoxy groups -OCH3 is 1. The SMILES string of the molecule is COc1cc(-n2cccc2)c(Cl)cc1C(=O)NCc1cccc(C(=O)N2CCCC2)c1. The number of hydrogen-bond donors (Lipinski definition) is 1. The number of carbonyl (C=O) groups is 2. The van der Waals surface area contributed by atoms with Gasteiger partial charge in [-0.3, -0.25) is 9.59 Å². The smallest absolute Gasteiger partial charge is 0.255 e. The van der Waals surface area contributed by atoms with Crippen molar-refractivity contribution in [1.29, 1.82) is 0 Å². The summed E-state index contributed by atoms with van der Waals surface area (Å²) in [5.41, 5.74) is 2.58. The van der Waals surface area contributed by atoms with Crippen molar-refractivity contribution in [1.82, 2.24) is 14.8 Å². The highest BCUT2D eigenvalue weighted by Crippen LogP contribution is 2.30. The van der Waals surface area contributed by atoms with Crippen molar-refractivity contribution in [3.05, 3.63) is 82.6 Å². The Morgan fingerprint density at radius 1 is 1.06 bits per heavy atom. The van der Waals surface area contributed by atoms with Gasteiger partial charge in [-0.2, -0.15) is 0 Å². The average molecular weight is 438 g/mol. The number of likely N-dealkylation sites (tertiary alicyclic amines) is 1. The lowest BCUT2D eigenvalue weighted by atomic mass is 10.1. The van der Waals surface area contributed by atoms with E-state index in [0.717, 1.165) is 37.2 Å². The lowest BCUT2D eigenvalue weighted by Gasteiger charge is -2.16. The first-order valence-corrected chi connectivity index (χ1v) is 10.6. The number of amides is 2. The molecule has 1 aliphatic heterocycles. The number of nitrogens with zero attached hydrogens (tertiary/aromatic N) is 2. The number of halogens is 1. The predicted molar refractivity (Wildman–Crippen MR) is 120 cm³/mol. The Bertz CT molecular complexity index is 1090. The zero-order chi connectivity index (χ0) is 21.8. The molecule has 2 aromatic carbocycles. The van der Waals surface area contributed by atoms with Crippen LogP contribution in [0, 0.1) is 0 Å². The van der Waals surface area contributed by atoms with Crippen LogP contribution in [0.3, 0.4) is 0 Å².